The van der Waals surface area contributed by atoms with Crippen molar-refractivity contribution in [2.24, 2.45) is 0 Å². The third-order valence-electron chi connectivity index (χ3n) is 5.25. The van der Waals surface area contributed by atoms with Crippen molar-refractivity contribution in [3.63, 3.8) is 0 Å². The molecule has 0 aliphatic heterocycles. The number of ether oxygens (including phenoxy) is 4. The Morgan fingerprint density at radius 2 is 1.55 bits per heavy atom. The molecule has 0 radical (unpaired) electrons. The van der Waals surface area contributed by atoms with Gasteiger partial charge in [0.05, 0.1) is 28.4 Å². The average molecular weight is 395 g/mol. The van der Waals surface area contributed by atoms with E-state index in [0.717, 1.165) is 52.6 Å². The lowest BCUT2D eigenvalue weighted by Crippen LogP contribution is -2.21. The molecule has 0 aliphatic carbocycles. The summed E-state index contributed by atoms with van der Waals surface area (Å²) in [6, 6.07) is 10.3. The third-order valence-corrected chi connectivity index (χ3v) is 5.25. The molecule has 0 bridgehead atoms. The summed E-state index contributed by atoms with van der Waals surface area (Å²) in [5.41, 5.74) is 1.21. The predicted molar refractivity (Wildman–Crippen MR) is 119 cm³/mol. The number of methoxy groups -OCH3 is 4. The van der Waals surface area contributed by atoms with E-state index in [1.807, 2.05) is 18.2 Å². The fourth-order valence-electron chi connectivity index (χ4n) is 3.77. The maximum atomic E-state index is 5.79. The second kappa shape index (κ2) is 9.05. The van der Waals surface area contributed by atoms with E-state index >= 15 is 0 Å². The lowest BCUT2D eigenvalue weighted by Gasteiger charge is -2.19. The normalized spacial score (nSPS) is 11.1. The van der Waals surface area contributed by atoms with Gasteiger partial charge in [0.25, 0.3) is 0 Å². The topological polar surface area (TPSA) is 40.2 Å². The average Bonchev–Trinajstić information content (AvgIpc) is 2.75. The van der Waals surface area contributed by atoms with Gasteiger partial charge in [0.15, 0.2) is 23.0 Å². The summed E-state index contributed by atoms with van der Waals surface area (Å²) in [6.45, 7) is 5.59. The van der Waals surface area contributed by atoms with Crippen molar-refractivity contribution in [1.29, 1.82) is 0 Å². The minimum Gasteiger partial charge on any atom is -0.493 e. The van der Waals surface area contributed by atoms with E-state index in [2.05, 4.69) is 36.7 Å². The molecule has 0 aromatic heterocycles. The predicted octanol–water partition coefficient (Wildman–Crippen LogP) is 4.69. The molecular weight excluding hydrogens is 366 g/mol. The summed E-state index contributed by atoms with van der Waals surface area (Å²) < 4.78 is 22.5. The maximum Gasteiger partial charge on any atom is 0.169 e. The van der Waals surface area contributed by atoms with Crippen molar-refractivity contribution in [2.45, 2.75) is 6.42 Å². The maximum absolute atomic E-state index is 5.79. The molecule has 0 spiro atoms. The van der Waals surface area contributed by atoms with Gasteiger partial charge < -0.3 is 23.8 Å². The van der Waals surface area contributed by atoms with Gasteiger partial charge in [-0.1, -0.05) is 18.2 Å². The lowest BCUT2D eigenvalue weighted by molar-refractivity contribution is 0.355. The molecule has 0 heterocycles. The van der Waals surface area contributed by atoms with E-state index in [4.69, 9.17) is 18.9 Å². The van der Waals surface area contributed by atoms with Gasteiger partial charge in [-0.25, -0.2) is 0 Å². The highest BCUT2D eigenvalue weighted by Crippen LogP contribution is 2.44. The Morgan fingerprint density at radius 1 is 0.862 bits per heavy atom. The van der Waals surface area contributed by atoms with Crippen molar-refractivity contribution >= 4 is 21.5 Å². The first-order valence-corrected chi connectivity index (χ1v) is 9.59. The molecule has 154 valence electrons. The molecule has 5 nitrogen and oxygen atoms in total. The van der Waals surface area contributed by atoms with E-state index < -0.39 is 0 Å². The minimum atomic E-state index is 0.685. The van der Waals surface area contributed by atoms with Gasteiger partial charge in [0.2, 0.25) is 0 Å². The van der Waals surface area contributed by atoms with Crippen LogP contribution in [0.25, 0.3) is 21.5 Å². The van der Waals surface area contributed by atoms with Crippen LogP contribution in [0.1, 0.15) is 5.56 Å². The van der Waals surface area contributed by atoms with Crippen LogP contribution in [-0.4, -0.2) is 53.5 Å². The number of fused-ring (bicyclic) bond motifs is 3. The second-order valence-electron chi connectivity index (χ2n) is 6.99. The van der Waals surface area contributed by atoms with E-state index in [1.54, 1.807) is 28.4 Å². The quantitative estimate of drug-likeness (QED) is 0.388. The van der Waals surface area contributed by atoms with Crippen LogP contribution in [0.15, 0.2) is 43.0 Å². The van der Waals surface area contributed by atoms with Crippen LogP contribution in [0.5, 0.6) is 23.0 Å². The molecule has 0 N–H and O–H groups in total. The molecule has 5 heteroatoms. The van der Waals surface area contributed by atoms with Gasteiger partial charge in [-0.15, -0.1) is 6.58 Å². The van der Waals surface area contributed by atoms with Crippen LogP contribution in [0.4, 0.5) is 0 Å². The monoisotopic (exact) mass is 395 g/mol. The number of benzene rings is 3. The molecule has 0 saturated heterocycles. The second-order valence-corrected chi connectivity index (χ2v) is 6.99. The molecule has 0 atom stereocenters. The van der Waals surface area contributed by atoms with Crippen LogP contribution in [0.2, 0.25) is 0 Å². The standard InChI is InChI=1S/C24H29NO4/c1-7-11-25(2)12-10-17-14-22(28-5)24(29-6)23-18(17)9-8-16-13-20(26-3)21(27-4)15-19(16)23/h7-9,13-15H,1,10-12H2,2-6H3. The molecule has 0 amide bonds. The van der Waals surface area contributed by atoms with Gasteiger partial charge >= 0.3 is 0 Å². The molecular formula is C24H29NO4. The highest BCUT2D eigenvalue weighted by molar-refractivity contribution is 6.13. The summed E-state index contributed by atoms with van der Waals surface area (Å²) >= 11 is 0. The third kappa shape index (κ3) is 3.96. The van der Waals surface area contributed by atoms with Crippen LogP contribution in [0, 0.1) is 0 Å². The van der Waals surface area contributed by atoms with E-state index in [1.165, 1.54) is 5.56 Å². The van der Waals surface area contributed by atoms with Gasteiger partial charge in [-0.2, -0.15) is 0 Å². The fraction of sp³-hybridized carbons (Fsp3) is 0.333. The van der Waals surface area contributed by atoms with Crippen molar-refractivity contribution in [3.8, 4) is 23.0 Å². The van der Waals surface area contributed by atoms with Crippen molar-refractivity contribution < 1.29 is 18.9 Å². The first-order valence-electron chi connectivity index (χ1n) is 9.59. The Kier molecular flexibility index (Phi) is 6.49. The Hall–Kier alpha value is -2.92. The molecule has 3 aromatic rings. The number of rotatable bonds is 9. The number of hydrogen-bond donors (Lipinski definition) is 0. The molecule has 0 saturated carbocycles. The highest BCUT2D eigenvalue weighted by atomic mass is 16.5. The number of likely N-dealkylation sites (N-methyl/N-ethyl adjacent to an activating group) is 1. The Morgan fingerprint density at radius 3 is 2.17 bits per heavy atom. The molecule has 3 aromatic carbocycles. The van der Waals surface area contributed by atoms with Crippen molar-refractivity contribution in [3.05, 3.63) is 48.6 Å². The van der Waals surface area contributed by atoms with E-state index in [9.17, 15) is 0 Å². The zero-order valence-corrected chi connectivity index (χ0v) is 17.9. The summed E-state index contributed by atoms with van der Waals surface area (Å²) in [4.78, 5) is 2.24. The Bertz CT molecular complexity index is 1030. The summed E-state index contributed by atoms with van der Waals surface area (Å²) in [5, 5.41) is 4.26. The summed E-state index contributed by atoms with van der Waals surface area (Å²) in [7, 11) is 8.73. The minimum absolute atomic E-state index is 0.685. The number of hydrogen-bond acceptors (Lipinski definition) is 5. The fourth-order valence-corrected chi connectivity index (χ4v) is 3.77. The molecule has 0 unspecified atom stereocenters. The lowest BCUT2D eigenvalue weighted by atomic mass is 9.95. The van der Waals surface area contributed by atoms with Crippen LogP contribution in [0.3, 0.4) is 0 Å². The largest absolute Gasteiger partial charge is 0.493 e. The number of nitrogens with zero attached hydrogens (tertiary/aromatic N) is 1. The first-order chi connectivity index (χ1) is 14.1. The Balaban J connectivity index is 2.28. The highest BCUT2D eigenvalue weighted by Gasteiger charge is 2.18. The summed E-state index contributed by atoms with van der Waals surface area (Å²) in [6.07, 6.45) is 2.81. The molecule has 29 heavy (non-hydrogen) atoms. The van der Waals surface area contributed by atoms with Crippen LogP contribution in [-0.2, 0) is 6.42 Å². The van der Waals surface area contributed by atoms with Gasteiger partial charge in [-0.05, 0) is 53.4 Å². The molecule has 3 rings (SSSR count). The Labute approximate surface area is 172 Å². The summed E-state index contributed by atoms with van der Waals surface area (Å²) in [5.74, 6) is 2.84. The SMILES string of the molecule is C=CCN(C)CCc1cc(OC)c(OC)c2c1ccc1cc(OC)c(OC)cc12. The zero-order chi connectivity index (χ0) is 21.0. The first kappa shape index (κ1) is 20.8. The van der Waals surface area contributed by atoms with Crippen LogP contribution < -0.4 is 18.9 Å². The van der Waals surface area contributed by atoms with Crippen molar-refractivity contribution in [1.82, 2.24) is 4.90 Å². The smallest absolute Gasteiger partial charge is 0.169 e. The zero-order valence-electron chi connectivity index (χ0n) is 17.9. The molecule has 0 fully saturated rings. The van der Waals surface area contributed by atoms with Gasteiger partial charge in [0.1, 0.15) is 0 Å². The molecule has 0 aliphatic rings. The van der Waals surface area contributed by atoms with Crippen molar-refractivity contribution in [2.75, 3.05) is 48.6 Å². The van der Waals surface area contributed by atoms with Gasteiger partial charge in [0, 0.05) is 18.5 Å². The van der Waals surface area contributed by atoms with Crippen LogP contribution >= 0.6 is 0 Å². The van der Waals surface area contributed by atoms with E-state index in [-0.39, 0.29) is 0 Å². The van der Waals surface area contributed by atoms with Gasteiger partial charge in [-0.3, -0.25) is 0 Å². The van der Waals surface area contributed by atoms with E-state index in [0.29, 0.717) is 11.5 Å².